The molecular formula is C17H15N3O. The number of H-pyrrole nitrogens is 1. The molecule has 0 fully saturated rings. The molecule has 3 aromatic rings. The minimum atomic E-state index is -0.116. The largest absolute Gasteiger partial charge is 0.341 e. The minimum Gasteiger partial charge on any atom is -0.341 e. The zero-order chi connectivity index (χ0) is 14.7. The quantitative estimate of drug-likeness (QED) is 0.770. The summed E-state index contributed by atoms with van der Waals surface area (Å²) in [6.45, 7) is 2.03. The normalized spacial score (nSPS) is 10.3. The van der Waals surface area contributed by atoms with Gasteiger partial charge in [0.15, 0.2) is 0 Å². The lowest BCUT2D eigenvalue weighted by molar-refractivity contribution is 1.03. The molecule has 0 saturated heterocycles. The second kappa shape index (κ2) is 5.63. The Balaban J connectivity index is 1.88. The van der Waals surface area contributed by atoms with E-state index in [1.807, 2.05) is 61.5 Å². The highest BCUT2D eigenvalue weighted by molar-refractivity contribution is 5.61. The molecule has 21 heavy (non-hydrogen) atoms. The average molecular weight is 277 g/mol. The maximum absolute atomic E-state index is 12.2. The van der Waals surface area contributed by atoms with Crippen LogP contribution in [0, 0.1) is 6.92 Å². The Kier molecular flexibility index (Phi) is 3.51. The Morgan fingerprint density at radius 2 is 1.71 bits per heavy atom. The fourth-order valence-corrected chi connectivity index (χ4v) is 2.06. The lowest BCUT2D eigenvalue weighted by Gasteiger charge is -2.07. The van der Waals surface area contributed by atoms with Gasteiger partial charge in [-0.05, 0) is 19.1 Å². The van der Waals surface area contributed by atoms with Crippen LogP contribution in [0.25, 0.3) is 11.3 Å². The zero-order valence-electron chi connectivity index (χ0n) is 11.6. The fourth-order valence-electron chi connectivity index (χ4n) is 2.06. The first-order valence-corrected chi connectivity index (χ1v) is 6.71. The van der Waals surface area contributed by atoms with Crippen LogP contribution in [0.1, 0.15) is 5.56 Å². The Hall–Kier alpha value is -2.88. The summed E-state index contributed by atoms with van der Waals surface area (Å²) in [7, 11) is 0. The summed E-state index contributed by atoms with van der Waals surface area (Å²) >= 11 is 0. The third-order valence-corrected chi connectivity index (χ3v) is 3.17. The molecule has 1 aromatic heterocycles. The first-order chi connectivity index (χ1) is 10.2. The van der Waals surface area contributed by atoms with Crippen LogP contribution in [-0.2, 0) is 0 Å². The van der Waals surface area contributed by atoms with Crippen molar-refractivity contribution in [1.29, 1.82) is 0 Å². The number of rotatable bonds is 3. The SMILES string of the molecule is Cc1ccc(Nc2cc(=O)c(-c3ccccc3)n[nH]2)cc1. The molecule has 0 aliphatic carbocycles. The van der Waals surface area contributed by atoms with Crippen LogP contribution in [0.15, 0.2) is 65.5 Å². The first-order valence-electron chi connectivity index (χ1n) is 6.71. The number of aromatic nitrogens is 2. The number of benzene rings is 2. The average Bonchev–Trinajstić information content (AvgIpc) is 2.51. The van der Waals surface area contributed by atoms with Crippen molar-refractivity contribution in [3.05, 3.63) is 76.5 Å². The van der Waals surface area contributed by atoms with Crippen molar-refractivity contribution in [2.45, 2.75) is 6.92 Å². The highest BCUT2D eigenvalue weighted by Gasteiger charge is 2.05. The molecule has 4 nitrogen and oxygen atoms in total. The van der Waals surface area contributed by atoms with E-state index in [9.17, 15) is 4.79 Å². The number of aryl methyl sites for hydroxylation is 1. The summed E-state index contributed by atoms with van der Waals surface area (Å²) in [6.07, 6.45) is 0. The molecule has 3 rings (SSSR count). The Labute approximate surface area is 122 Å². The molecule has 0 aliphatic heterocycles. The van der Waals surface area contributed by atoms with Crippen molar-refractivity contribution >= 4 is 11.5 Å². The smallest absolute Gasteiger partial charge is 0.210 e. The van der Waals surface area contributed by atoms with Gasteiger partial charge in [-0.2, -0.15) is 5.10 Å². The van der Waals surface area contributed by atoms with E-state index in [1.54, 1.807) is 0 Å². The minimum absolute atomic E-state index is 0.116. The van der Waals surface area contributed by atoms with Crippen LogP contribution < -0.4 is 10.7 Å². The van der Waals surface area contributed by atoms with E-state index < -0.39 is 0 Å². The van der Waals surface area contributed by atoms with Gasteiger partial charge >= 0.3 is 0 Å². The van der Waals surface area contributed by atoms with Crippen LogP contribution in [0.2, 0.25) is 0 Å². The van der Waals surface area contributed by atoms with Crippen molar-refractivity contribution in [2.75, 3.05) is 5.32 Å². The van der Waals surface area contributed by atoms with Crippen molar-refractivity contribution in [2.24, 2.45) is 0 Å². The van der Waals surface area contributed by atoms with E-state index in [0.717, 1.165) is 11.3 Å². The van der Waals surface area contributed by atoms with E-state index >= 15 is 0 Å². The van der Waals surface area contributed by atoms with Crippen LogP contribution in [0.4, 0.5) is 11.5 Å². The van der Waals surface area contributed by atoms with E-state index in [4.69, 9.17) is 0 Å². The molecular weight excluding hydrogens is 262 g/mol. The van der Waals surface area contributed by atoms with Gasteiger partial charge in [0.05, 0.1) is 0 Å². The maximum atomic E-state index is 12.2. The third-order valence-electron chi connectivity index (χ3n) is 3.17. The monoisotopic (exact) mass is 277 g/mol. The van der Waals surface area contributed by atoms with Crippen LogP contribution >= 0.6 is 0 Å². The predicted octanol–water partition coefficient (Wildman–Crippen LogP) is 3.49. The van der Waals surface area contributed by atoms with Gasteiger partial charge in [0.2, 0.25) is 5.43 Å². The molecule has 0 atom stereocenters. The van der Waals surface area contributed by atoms with E-state index in [-0.39, 0.29) is 5.43 Å². The van der Waals surface area contributed by atoms with Gasteiger partial charge in [0, 0.05) is 17.3 Å². The highest BCUT2D eigenvalue weighted by Crippen LogP contribution is 2.15. The number of anilines is 2. The first kappa shape index (κ1) is 13.1. The molecule has 0 amide bonds. The lowest BCUT2D eigenvalue weighted by Crippen LogP contribution is -2.10. The summed E-state index contributed by atoms with van der Waals surface area (Å²) in [5.41, 5.74) is 3.21. The molecule has 2 N–H and O–H groups in total. The number of nitrogens with zero attached hydrogens (tertiary/aromatic N) is 1. The number of hydrogen-bond acceptors (Lipinski definition) is 3. The molecule has 2 aromatic carbocycles. The van der Waals surface area contributed by atoms with Crippen molar-refractivity contribution < 1.29 is 0 Å². The van der Waals surface area contributed by atoms with Crippen LogP contribution in [0.3, 0.4) is 0 Å². The van der Waals surface area contributed by atoms with E-state index in [2.05, 4.69) is 15.5 Å². The standard InChI is InChI=1S/C17H15N3O/c1-12-7-9-14(10-8-12)18-16-11-15(21)17(20-19-16)13-5-3-2-4-6-13/h2-11H,1H3,(H2,18,19,21). The third kappa shape index (κ3) is 3.00. The van der Waals surface area contributed by atoms with Gasteiger partial charge in [-0.15, -0.1) is 0 Å². The van der Waals surface area contributed by atoms with Crippen LogP contribution in [0.5, 0.6) is 0 Å². The Morgan fingerprint density at radius 3 is 2.38 bits per heavy atom. The van der Waals surface area contributed by atoms with Crippen molar-refractivity contribution in [1.82, 2.24) is 10.2 Å². The Bertz CT molecular complexity index is 792. The molecule has 0 aliphatic rings. The summed E-state index contributed by atoms with van der Waals surface area (Å²) in [6, 6.07) is 18.9. The molecule has 104 valence electrons. The number of nitrogens with one attached hydrogen (secondary N) is 2. The van der Waals surface area contributed by atoms with Gasteiger partial charge in [-0.1, -0.05) is 48.0 Å². The van der Waals surface area contributed by atoms with Crippen molar-refractivity contribution in [3.63, 3.8) is 0 Å². The summed E-state index contributed by atoms with van der Waals surface area (Å²) < 4.78 is 0. The molecule has 4 heteroatoms. The molecule has 0 saturated carbocycles. The van der Waals surface area contributed by atoms with Gasteiger partial charge in [0.1, 0.15) is 11.5 Å². The van der Waals surface area contributed by atoms with Gasteiger partial charge in [-0.25, -0.2) is 0 Å². The summed E-state index contributed by atoms with van der Waals surface area (Å²) in [5.74, 6) is 0.573. The van der Waals surface area contributed by atoms with Crippen molar-refractivity contribution in [3.8, 4) is 11.3 Å². The summed E-state index contributed by atoms with van der Waals surface area (Å²) in [5, 5.41) is 10.2. The number of aromatic amines is 1. The lowest BCUT2D eigenvalue weighted by atomic mass is 10.1. The number of hydrogen-bond donors (Lipinski definition) is 2. The second-order valence-corrected chi connectivity index (χ2v) is 4.85. The summed E-state index contributed by atoms with van der Waals surface area (Å²) in [4.78, 5) is 12.2. The molecule has 0 radical (unpaired) electrons. The van der Waals surface area contributed by atoms with Crippen LogP contribution in [-0.4, -0.2) is 10.2 Å². The molecule has 0 spiro atoms. The van der Waals surface area contributed by atoms with E-state index in [1.165, 1.54) is 11.6 Å². The molecule has 1 heterocycles. The Morgan fingerprint density at radius 1 is 1.00 bits per heavy atom. The zero-order valence-corrected chi connectivity index (χ0v) is 11.6. The molecule has 0 bridgehead atoms. The van der Waals surface area contributed by atoms with Gasteiger partial charge < -0.3 is 5.32 Å². The fraction of sp³-hybridized carbons (Fsp3) is 0.0588. The van der Waals surface area contributed by atoms with Gasteiger partial charge in [0.25, 0.3) is 0 Å². The maximum Gasteiger partial charge on any atom is 0.210 e. The molecule has 0 unspecified atom stereocenters. The highest BCUT2D eigenvalue weighted by atomic mass is 16.1. The second-order valence-electron chi connectivity index (χ2n) is 4.85. The predicted molar refractivity (Wildman–Crippen MR) is 84.8 cm³/mol. The van der Waals surface area contributed by atoms with Gasteiger partial charge in [-0.3, -0.25) is 9.89 Å². The van der Waals surface area contributed by atoms with E-state index in [0.29, 0.717) is 11.5 Å². The topological polar surface area (TPSA) is 57.8 Å².